The van der Waals surface area contributed by atoms with Crippen molar-refractivity contribution >= 4 is 36.5 Å². The molecule has 0 fully saturated rings. The zero-order valence-electron chi connectivity index (χ0n) is 12.6. The Balaban J connectivity index is 0. The first-order valence-corrected chi connectivity index (χ1v) is 10.2. The van der Waals surface area contributed by atoms with E-state index in [0.29, 0.717) is 6.42 Å². The van der Waals surface area contributed by atoms with Crippen LogP contribution in [0.3, 0.4) is 0 Å². The van der Waals surface area contributed by atoms with Crippen LogP contribution in [0, 0.1) is 0 Å². The van der Waals surface area contributed by atoms with Crippen molar-refractivity contribution in [3.63, 3.8) is 0 Å². The Kier molecular flexibility index (Phi) is 21.6. The molecule has 0 aliphatic heterocycles. The van der Waals surface area contributed by atoms with Gasteiger partial charge in [0.15, 0.2) is 0 Å². The first-order valence-electron chi connectivity index (χ1n) is 7.03. The second kappa shape index (κ2) is 18.7. The normalized spacial score (nSPS) is 11.4. The molecule has 8 heteroatoms. The fourth-order valence-corrected chi connectivity index (χ4v) is 4.75. The molecule has 0 unspecified atom stereocenters. The smallest absolute Gasteiger partial charge is 0.360 e. The summed E-state index contributed by atoms with van der Waals surface area (Å²) in [4.78, 5) is 11.3. The van der Waals surface area contributed by atoms with E-state index in [2.05, 4.69) is 6.92 Å². The number of carbonyl (C=O) groups excluding carboxylic acids is 1. The predicted molar refractivity (Wildman–Crippen MR) is 82.5 cm³/mol. The maximum absolute atomic E-state index is 11.3. The Morgan fingerprint density at radius 3 is 2.16 bits per heavy atom. The summed E-state index contributed by atoms with van der Waals surface area (Å²) in [5.41, 5.74) is 0. The molecule has 0 saturated carbocycles. The third kappa shape index (κ3) is 18.7. The van der Waals surface area contributed by atoms with E-state index < -0.39 is 20.0 Å². The van der Waals surface area contributed by atoms with Crippen molar-refractivity contribution in [1.29, 1.82) is 0 Å². The molecule has 0 saturated heterocycles. The Morgan fingerprint density at radius 2 is 1.58 bits per heavy atom. The standard InChI is InChI=1S/C11H28O4Si3.Zn/c1-2-3-4-5-6-7-8-9-10-11(12)13-17-15-18-14-16;/h2-10,17-18H2,1,16H3;. The van der Waals surface area contributed by atoms with Gasteiger partial charge in [0, 0.05) is 25.9 Å². The van der Waals surface area contributed by atoms with E-state index in [1.54, 1.807) is 0 Å². The number of rotatable bonds is 13. The molecule has 0 atom stereocenters. The largest absolute Gasteiger partial charge is 0.500 e. The summed E-state index contributed by atoms with van der Waals surface area (Å²) in [7, 11) is -1.18. The fourth-order valence-electron chi connectivity index (χ4n) is 1.70. The van der Waals surface area contributed by atoms with Crippen LogP contribution in [-0.2, 0) is 36.9 Å². The first kappa shape index (κ1) is 22.0. The van der Waals surface area contributed by atoms with Gasteiger partial charge >= 0.3 is 10.0 Å². The third-order valence-electron chi connectivity index (χ3n) is 2.74. The van der Waals surface area contributed by atoms with E-state index in [0.717, 1.165) is 23.3 Å². The molecular formula is C11H28O4Si3Zn. The number of hydrogen-bond donors (Lipinski definition) is 0. The summed E-state index contributed by atoms with van der Waals surface area (Å²) in [6.07, 6.45) is 10.5. The van der Waals surface area contributed by atoms with E-state index in [1.165, 1.54) is 38.5 Å². The van der Waals surface area contributed by atoms with Gasteiger partial charge in [-0.3, -0.25) is 4.79 Å². The van der Waals surface area contributed by atoms with Crippen molar-refractivity contribution in [2.24, 2.45) is 0 Å². The van der Waals surface area contributed by atoms with Gasteiger partial charge in [0.2, 0.25) is 0 Å². The van der Waals surface area contributed by atoms with Crippen LogP contribution in [-0.4, -0.2) is 36.5 Å². The molecule has 0 bridgehead atoms. The van der Waals surface area contributed by atoms with Gasteiger partial charge < -0.3 is 12.7 Å². The third-order valence-corrected chi connectivity index (χ3v) is 5.45. The minimum Gasteiger partial charge on any atom is -0.500 e. The molecule has 4 nitrogen and oxygen atoms in total. The van der Waals surface area contributed by atoms with Crippen LogP contribution in [0.5, 0.6) is 0 Å². The van der Waals surface area contributed by atoms with Crippen LogP contribution in [0.15, 0.2) is 0 Å². The van der Waals surface area contributed by atoms with E-state index in [1.807, 2.05) is 0 Å². The average Bonchev–Trinajstić information content (AvgIpc) is 2.38. The second-order valence-corrected chi connectivity index (χ2v) is 9.17. The monoisotopic (exact) mass is 372 g/mol. The summed E-state index contributed by atoms with van der Waals surface area (Å²) in [5.74, 6) is -0.0880. The maximum atomic E-state index is 11.3. The zero-order valence-corrected chi connectivity index (χ0v) is 20.4. The molecule has 0 aliphatic carbocycles. The predicted octanol–water partition coefficient (Wildman–Crippen LogP) is 0.369. The zero-order chi connectivity index (χ0) is 13.5. The van der Waals surface area contributed by atoms with Crippen LogP contribution in [0.25, 0.3) is 0 Å². The topological polar surface area (TPSA) is 44.8 Å². The van der Waals surface area contributed by atoms with Gasteiger partial charge in [-0.25, -0.2) is 0 Å². The molecule has 0 aromatic rings. The molecule has 110 valence electrons. The van der Waals surface area contributed by atoms with Crippen molar-refractivity contribution in [1.82, 2.24) is 0 Å². The molecule has 0 heterocycles. The van der Waals surface area contributed by atoms with Gasteiger partial charge in [-0.05, 0) is 6.42 Å². The van der Waals surface area contributed by atoms with Gasteiger partial charge in [0.05, 0.1) is 0 Å². The second-order valence-electron chi connectivity index (χ2n) is 4.47. The van der Waals surface area contributed by atoms with Crippen molar-refractivity contribution in [2.75, 3.05) is 0 Å². The number of hydrogen-bond acceptors (Lipinski definition) is 4. The van der Waals surface area contributed by atoms with E-state index in [-0.39, 0.29) is 25.4 Å². The fraction of sp³-hybridized carbons (Fsp3) is 0.909. The SMILES string of the molecule is CCCCCCCCCCC(=O)O[SiH2]O[SiH2]O[SiH3].[Zn]. The summed E-state index contributed by atoms with van der Waals surface area (Å²) < 4.78 is 15.2. The minimum absolute atomic E-state index is 0. The van der Waals surface area contributed by atoms with Crippen molar-refractivity contribution < 1.29 is 36.9 Å². The van der Waals surface area contributed by atoms with Gasteiger partial charge in [-0.2, -0.15) is 0 Å². The molecule has 0 rings (SSSR count). The quantitative estimate of drug-likeness (QED) is 0.345. The average molecular weight is 374 g/mol. The summed E-state index contributed by atoms with van der Waals surface area (Å²) in [6, 6.07) is 0. The Labute approximate surface area is 138 Å². The van der Waals surface area contributed by atoms with Crippen LogP contribution >= 0.6 is 0 Å². The molecule has 0 spiro atoms. The molecule has 0 N–H and O–H groups in total. The van der Waals surface area contributed by atoms with Crippen molar-refractivity contribution in [3.05, 3.63) is 0 Å². The molecule has 0 aromatic heterocycles. The maximum Gasteiger partial charge on any atom is 0.360 e. The Bertz CT molecular complexity index is 199. The van der Waals surface area contributed by atoms with Crippen LogP contribution in [0.2, 0.25) is 0 Å². The van der Waals surface area contributed by atoms with Crippen LogP contribution < -0.4 is 0 Å². The van der Waals surface area contributed by atoms with Gasteiger partial charge in [0.1, 0.15) is 10.5 Å². The molecule has 0 aromatic carbocycles. The summed E-state index contributed by atoms with van der Waals surface area (Å²) in [5, 5.41) is 0. The minimum atomic E-state index is -1.09. The summed E-state index contributed by atoms with van der Waals surface area (Å²) in [6.45, 7) is 2.23. The van der Waals surface area contributed by atoms with Crippen molar-refractivity contribution in [2.45, 2.75) is 64.7 Å². The van der Waals surface area contributed by atoms with Crippen LogP contribution in [0.1, 0.15) is 64.7 Å². The van der Waals surface area contributed by atoms with Gasteiger partial charge in [-0.15, -0.1) is 0 Å². The molecule has 0 amide bonds. The molecule has 0 aliphatic rings. The molecule has 19 heavy (non-hydrogen) atoms. The number of carbonyl (C=O) groups is 1. The van der Waals surface area contributed by atoms with E-state index in [9.17, 15) is 4.79 Å². The van der Waals surface area contributed by atoms with E-state index >= 15 is 0 Å². The van der Waals surface area contributed by atoms with Gasteiger partial charge in [0.25, 0.3) is 16.0 Å². The van der Waals surface area contributed by atoms with E-state index in [4.69, 9.17) is 12.7 Å². The van der Waals surface area contributed by atoms with Crippen LogP contribution in [0.4, 0.5) is 0 Å². The van der Waals surface area contributed by atoms with Gasteiger partial charge in [-0.1, -0.05) is 51.9 Å². The van der Waals surface area contributed by atoms with Crippen molar-refractivity contribution in [3.8, 4) is 0 Å². The Morgan fingerprint density at radius 1 is 1.00 bits per heavy atom. The number of unbranched alkanes of at least 4 members (excludes halogenated alkanes) is 7. The Hall–Kier alpha value is 0.664. The first-order chi connectivity index (χ1) is 8.81. The molecule has 0 radical (unpaired) electrons. The summed E-state index contributed by atoms with van der Waals surface area (Å²) >= 11 is 0. The molecular weight excluding hydrogens is 346 g/mol.